The van der Waals surface area contributed by atoms with Gasteiger partial charge in [-0.1, -0.05) is 11.6 Å². The van der Waals surface area contributed by atoms with Crippen molar-refractivity contribution in [3.8, 4) is 11.5 Å². The summed E-state index contributed by atoms with van der Waals surface area (Å²) >= 11 is 6.39. The first-order chi connectivity index (χ1) is 9.12. The SMILES string of the molecule is COc1cc(C2(C)CCCN2)cc(Cl)c1OC1CC1. The van der Waals surface area contributed by atoms with Gasteiger partial charge in [-0.05, 0) is 56.8 Å². The molecule has 0 aromatic heterocycles. The minimum atomic E-state index is -0.00493. The molecule has 1 aliphatic carbocycles. The van der Waals surface area contributed by atoms with E-state index in [9.17, 15) is 0 Å². The Hall–Kier alpha value is -0.930. The fraction of sp³-hybridized carbons (Fsp3) is 0.600. The zero-order valence-corrected chi connectivity index (χ0v) is 12.2. The molecule has 19 heavy (non-hydrogen) atoms. The number of methoxy groups -OCH3 is 1. The van der Waals surface area contributed by atoms with E-state index in [0.29, 0.717) is 16.9 Å². The summed E-state index contributed by atoms with van der Waals surface area (Å²) in [6.07, 6.45) is 4.85. The van der Waals surface area contributed by atoms with Gasteiger partial charge in [-0.15, -0.1) is 0 Å². The highest BCUT2D eigenvalue weighted by Crippen LogP contribution is 2.43. The lowest BCUT2D eigenvalue weighted by atomic mass is 9.90. The summed E-state index contributed by atoms with van der Waals surface area (Å²) in [4.78, 5) is 0. The van der Waals surface area contributed by atoms with Gasteiger partial charge >= 0.3 is 0 Å². The zero-order valence-electron chi connectivity index (χ0n) is 11.5. The second kappa shape index (κ2) is 4.88. The van der Waals surface area contributed by atoms with E-state index in [-0.39, 0.29) is 5.54 Å². The lowest BCUT2D eigenvalue weighted by Gasteiger charge is -2.26. The Morgan fingerprint density at radius 2 is 2.16 bits per heavy atom. The van der Waals surface area contributed by atoms with Crippen molar-refractivity contribution in [3.63, 3.8) is 0 Å². The summed E-state index contributed by atoms with van der Waals surface area (Å²) in [5.41, 5.74) is 1.17. The molecule has 0 bridgehead atoms. The van der Waals surface area contributed by atoms with Crippen LogP contribution in [0.4, 0.5) is 0 Å². The predicted molar refractivity (Wildman–Crippen MR) is 76.2 cm³/mol. The van der Waals surface area contributed by atoms with E-state index in [1.807, 2.05) is 6.07 Å². The van der Waals surface area contributed by atoms with E-state index in [2.05, 4.69) is 18.3 Å². The molecular weight excluding hydrogens is 262 g/mol. The van der Waals surface area contributed by atoms with Crippen molar-refractivity contribution in [2.45, 2.75) is 44.2 Å². The molecule has 1 unspecified atom stereocenters. The molecule has 1 N–H and O–H groups in total. The summed E-state index contributed by atoms with van der Waals surface area (Å²) in [5.74, 6) is 1.43. The Kier molecular flexibility index (Phi) is 3.35. The third-order valence-corrected chi connectivity index (χ3v) is 4.32. The number of halogens is 1. The van der Waals surface area contributed by atoms with Gasteiger partial charge in [0.15, 0.2) is 11.5 Å². The van der Waals surface area contributed by atoms with E-state index in [1.54, 1.807) is 7.11 Å². The fourth-order valence-electron chi connectivity index (χ4n) is 2.65. The topological polar surface area (TPSA) is 30.5 Å². The monoisotopic (exact) mass is 281 g/mol. The normalized spacial score (nSPS) is 26.5. The second-order valence-corrected chi connectivity index (χ2v) is 6.08. The molecule has 4 heteroatoms. The lowest BCUT2D eigenvalue weighted by Crippen LogP contribution is -2.33. The van der Waals surface area contributed by atoms with Crippen molar-refractivity contribution in [1.29, 1.82) is 0 Å². The van der Waals surface area contributed by atoms with Crippen LogP contribution in [0.3, 0.4) is 0 Å². The van der Waals surface area contributed by atoms with Crippen LogP contribution in [0.1, 0.15) is 38.2 Å². The maximum absolute atomic E-state index is 6.39. The van der Waals surface area contributed by atoms with Crippen LogP contribution in [-0.2, 0) is 5.54 Å². The van der Waals surface area contributed by atoms with Gasteiger partial charge in [0, 0.05) is 5.54 Å². The highest BCUT2D eigenvalue weighted by molar-refractivity contribution is 6.32. The van der Waals surface area contributed by atoms with E-state index in [0.717, 1.165) is 31.6 Å². The number of hydrogen-bond donors (Lipinski definition) is 1. The Balaban J connectivity index is 1.96. The molecule has 1 saturated heterocycles. The molecule has 1 aromatic carbocycles. The molecule has 0 amide bonds. The minimum Gasteiger partial charge on any atom is -0.493 e. The maximum Gasteiger partial charge on any atom is 0.180 e. The van der Waals surface area contributed by atoms with Gasteiger partial charge in [0.2, 0.25) is 0 Å². The van der Waals surface area contributed by atoms with Crippen molar-refractivity contribution in [2.75, 3.05) is 13.7 Å². The second-order valence-electron chi connectivity index (χ2n) is 5.67. The highest BCUT2D eigenvalue weighted by Gasteiger charge is 2.32. The zero-order chi connectivity index (χ0) is 13.5. The number of nitrogens with one attached hydrogen (secondary N) is 1. The van der Waals surface area contributed by atoms with Gasteiger partial charge < -0.3 is 14.8 Å². The third-order valence-electron chi connectivity index (χ3n) is 4.04. The molecule has 1 atom stereocenters. The van der Waals surface area contributed by atoms with Crippen LogP contribution in [0, 0.1) is 0 Å². The van der Waals surface area contributed by atoms with Gasteiger partial charge in [-0.2, -0.15) is 0 Å². The maximum atomic E-state index is 6.39. The van der Waals surface area contributed by atoms with Crippen molar-refractivity contribution >= 4 is 11.6 Å². The van der Waals surface area contributed by atoms with E-state index < -0.39 is 0 Å². The first-order valence-electron chi connectivity index (χ1n) is 6.92. The molecule has 1 heterocycles. The van der Waals surface area contributed by atoms with Crippen molar-refractivity contribution in [1.82, 2.24) is 5.32 Å². The average Bonchev–Trinajstić information content (AvgIpc) is 3.11. The quantitative estimate of drug-likeness (QED) is 0.916. The molecule has 2 aliphatic rings. The Bertz CT molecular complexity index is 479. The van der Waals surface area contributed by atoms with Crippen LogP contribution >= 0.6 is 11.6 Å². The molecule has 104 valence electrons. The highest BCUT2D eigenvalue weighted by atomic mass is 35.5. The van der Waals surface area contributed by atoms with Crippen LogP contribution in [0.5, 0.6) is 11.5 Å². The summed E-state index contributed by atoms with van der Waals surface area (Å²) in [7, 11) is 1.67. The van der Waals surface area contributed by atoms with Crippen LogP contribution in [0.2, 0.25) is 5.02 Å². The summed E-state index contributed by atoms with van der Waals surface area (Å²) < 4.78 is 11.3. The molecule has 1 aromatic rings. The van der Waals surface area contributed by atoms with E-state index in [1.165, 1.54) is 12.0 Å². The summed E-state index contributed by atoms with van der Waals surface area (Å²) in [6, 6.07) is 4.07. The first kappa shape index (κ1) is 13.1. The largest absolute Gasteiger partial charge is 0.493 e. The van der Waals surface area contributed by atoms with Crippen LogP contribution in [0.25, 0.3) is 0 Å². The molecule has 0 radical (unpaired) electrons. The summed E-state index contributed by atoms with van der Waals surface area (Å²) in [6.45, 7) is 3.27. The van der Waals surface area contributed by atoms with Gasteiger partial charge in [-0.25, -0.2) is 0 Å². The van der Waals surface area contributed by atoms with Crippen molar-refractivity contribution in [2.24, 2.45) is 0 Å². The number of benzene rings is 1. The average molecular weight is 282 g/mol. The molecule has 1 saturated carbocycles. The van der Waals surface area contributed by atoms with Gasteiger partial charge in [0.1, 0.15) is 0 Å². The molecular formula is C15H20ClNO2. The number of hydrogen-bond acceptors (Lipinski definition) is 3. The van der Waals surface area contributed by atoms with Crippen molar-refractivity contribution < 1.29 is 9.47 Å². The fourth-order valence-corrected chi connectivity index (χ4v) is 2.90. The van der Waals surface area contributed by atoms with Crippen LogP contribution in [-0.4, -0.2) is 19.8 Å². The Morgan fingerprint density at radius 3 is 2.74 bits per heavy atom. The molecule has 3 rings (SSSR count). The lowest BCUT2D eigenvalue weighted by molar-refractivity contribution is 0.281. The van der Waals surface area contributed by atoms with Gasteiger partial charge in [-0.3, -0.25) is 0 Å². The molecule has 3 nitrogen and oxygen atoms in total. The van der Waals surface area contributed by atoms with Crippen LogP contribution in [0.15, 0.2) is 12.1 Å². The van der Waals surface area contributed by atoms with E-state index in [4.69, 9.17) is 21.1 Å². The Labute approximate surface area is 119 Å². The van der Waals surface area contributed by atoms with E-state index >= 15 is 0 Å². The van der Waals surface area contributed by atoms with Crippen LogP contribution < -0.4 is 14.8 Å². The number of rotatable bonds is 4. The summed E-state index contributed by atoms with van der Waals surface area (Å²) in [5, 5.41) is 4.19. The Morgan fingerprint density at radius 1 is 1.37 bits per heavy atom. The first-order valence-corrected chi connectivity index (χ1v) is 7.30. The smallest absolute Gasteiger partial charge is 0.180 e. The molecule has 0 spiro atoms. The van der Waals surface area contributed by atoms with Gasteiger partial charge in [0.25, 0.3) is 0 Å². The molecule has 1 aliphatic heterocycles. The standard InChI is InChI=1S/C15H20ClNO2/c1-15(6-3-7-17-15)10-8-12(16)14(13(9-10)18-2)19-11-4-5-11/h8-9,11,17H,3-7H2,1-2H3. The van der Waals surface area contributed by atoms with Gasteiger partial charge in [0.05, 0.1) is 18.2 Å². The van der Waals surface area contributed by atoms with Crippen molar-refractivity contribution in [3.05, 3.63) is 22.7 Å². The third kappa shape index (κ3) is 2.54. The predicted octanol–water partition coefficient (Wildman–Crippen LogP) is 3.49. The molecule has 2 fully saturated rings. The number of ether oxygens (including phenoxy) is 2. The minimum absolute atomic E-state index is 0.00493.